The predicted molar refractivity (Wildman–Crippen MR) is 100 cm³/mol. The maximum absolute atomic E-state index is 12.3. The molecule has 0 amide bonds. The van der Waals surface area contributed by atoms with E-state index in [-0.39, 0.29) is 36.4 Å². The number of allylic oxidation sites excluding steroid dienone is 4. The number of carbonyl (C=O) groups is 3. The Hall–Kier alpha value is -1.79. The monoisotopic (exact) mass is 388 g/mol. The third kappa shape index (κ3) is 2.19. The molecular weight excluding hydrogens is 360 g/mol. The van der Waals surface area contributed by atoms with Crippen molar-refractivity contribution in [1.29, 1.82) is 0 Å². The highest BCUT2D eigenvalue weighted by Crippen LogP contribution is 2.67. The van der Waals surface area contributed by atoms with Crippen molar-refractivity contribution in [1.82, 2.24) is 0 Å². The van der Waals surface area contributed by atoms with Crippen LogP contribution >= 0.6 is 0 Å². The number of aldehydes is 1. The molecule has 0 aromatic rings. The van der Waals surface area contributed by atoms with Gasteiger partial charge in [0.2, 0.25) is 0 Å². The van der Waals surface area contributed by atoms with Crippen molar-refractivity contribution in [2.75, 3.05) is 0 Å². The molecule has 0 aromatic heterocycles. The van der Waals surface area contributed by atoms with E-state index in [2.05, 4.69) is 6.08 Å². The van der Waals surface area contributed by atoms with Gasteiger partial charge in [0.15, 0.2) is 11.4 Å². The summed E-state index contributed by atoms with van der Waals surface area (Å²) in [5, 5.41) is 31.9. The second-order valence-corrected chi connectivity index (χ2v) is 9.78. The van der Waals surface area contributed by atoms with Gasteiger partial charge in [0.25, 0.3) is 0 Å². The quantitative estimate of drug-likeness (QED) is 0.492. The van der Waals surface area contributed by atoms with Crippen LogP contribution in [0.1, 0.15) is 46.5 Å². The Morgan fingerprint density at radius 1 is 1.29 bits per heavy atom. The summed E-state index contributed by atoms with van der Waals surface area (Å²) in [4.78, 5) is 35.7. The number of hydrogen-bond acceptors (Lipinski definition) is 5. The van der Waals surface area contributed by atoms with E-state index in [1.807, 2.05) is 13.8 Å². The van der Waals surface area contributed by atoms with Gasteiger partial charge in [-0.15, -0.1) is 0 Å². The summed E-state index contributed by atoms with van der Waals surface area (Å²) in [5.74, 6) is -2.53. The van der Waals surface area contributed by atoms with E-state index in [0.29, 0.717) is 19.1 Å². The maximum atomic E-state index is 12.3. The SMILES string of the molecule is CC1=C[C@@H]2[C@H]([C@@H](O)C[C@@]3(C)[C@H]2CC[C@]3(O)C(=O)O)[C@@]2(C)CC(C=O)C(=O)C=C12. The van der Waals surface area contributed by atoms with Crippen molar-refractivity contribution in [2.24, 2.45) is 34.5 Å². The normalized spacial score (nSPS) is 50.0. The summed E-state index contributed by atoms with van der Waals surface area (Å²) in [6.45, 7) is 5.74. The molecule has 28 heavy (non-hydrogen) atoms. The molecular formula is C22H28O6. The van der Waals surface area contributed by atoms with Gasteiger partial charge >= 0.3 is 5.97 Å². The molecule has 6 nitrogen and oxygen atoms in total. The van der Waals surface area contributed by atoms with Gasteiger partial charge in [0, 0.05) is 11.3 Å². The zero-order chi connectivity index (χ0) is 20.6. The molecule has 0 heterocycles. The van der Waals surface area contributed by atoms with Gasteiger partial charge in [-0.2, -0.15) is 0 Å². The van der Waals surface area contributed by atoms with E-state index >= 15 is 0 Å². The first-order valence-electron chi connectivity index (χ1n) is 10.0. The number of aliphatic hydroxyl groups is 2. The molecule has 2 fully saturated rings. The minimum absolute atomic E-state index is 0.0809. The van der Waals surface area contributed by atoms with Gasteiger partial charge in [-0.1, -0.05) is 25.5 Å². The molecule has 4 aliphatic rings. The van der Waals surface area contributed by atoms with E-state index in [4.69, 9.17) is 0 Å². The lowest BCUT2D eigenvalue weighted by Gasteiger charge is -2.59. The zero-order valence-electron chi connectivity index (χ0n) is 16.5. The van der Waals surface area contributed by atoms with Crippen LogP contribution in [0.25, 0.3) is 0 Å². The number of carboxylic acid groups (broad SMARTS) is 1. The number of rotatable bonds is 2. The zero-order valence-corrected chi connectivity index (χ0v) is 16.5. The lowest BCUT2D eigenvalue weighted by Crippen LogP contribution is -2.61. The molecule has 0 radical (unpaired) electrons. The summed E-state index contributed by atoms with van der Waals surface area (Å²) in [5.41, 5.74) is -1.48. The van der Waals surface area contributed by atoms with E-state index in [0.717, 1.165) is 11.1 Å². The third-order valence-corrected chi connectivity index (χ3v) is 8.54. The molecule has 0 bridgehead atoms. The number of carboxylic acids is 1. The molecule has 4 rings (SSSR count). The molecule has 8 atom stereocenters. The van der Waals surface area contributed by atoms with Crippen LogP contribution in [0.15, 0.2) is 23.3 Å². The molecule has 0 aromatic carbocycles. The van der Waals surface area contributed by atoms with Gasteiger partial charge in [-0.3, -0.25) is 4.79 Å². The lowest BCUT2D eigenvalue weighted by molar-refractivity contribution is -0.189. The lowest BCUT2D eigenvalue weighted by atomic mass is 9.45. The summed E-state index contributed by atoms with van der Waals surface area (Å²) in [7, 11) is 0. The van der Waals surface area contributed by atoms with Crippen LogP contribution in [0.5, 0.6) is 0 Å². The largest absolute Gasteiger partial charge is 0.479 e. The average Bonchev–Trinajstić information content (AvgIpc) is 2.88. The Morgan fingerprint density at radius 2 is 1.96 bits per heavy atom. The van der Waals surface area contributed by atoms with Crippen molar-refractivity contribution < 1.29 is 29.7 Å². The number of fused-ring (bicyclic) bond motifs is 5. The molecule has 0 saturated heterocycles. The van der Waals surface area contributed by atoms with Crippen molar-refractivity contribution >= 4 is 18.0 Å². The van der Waals surface area contributed by atoms with Crippen molar-refractivity contribution in [3.8, 4) is 0 Å². The number of ketones is 1. The Morgan fingerprint density at radius 3 is 2.57 bits per heavy atom. The van der Waals surface area contributed by atoms with Crippen LogP contribution in [0, 0.1) is 34.5 Å². The highest BCUT2D eigenvalue weighted by Gasteiger charge is 2.68. The van der Waals surface area contributed by atoms with Gasteiger partial charge in [0.05, 0.1) is 12.0 Å². The van der Waals surface area contributed by atoms with E-state index < -0.39 is 34.4 Å². The fourth-order valence-electron chi connectivity index (χ4n) is 7.16. The standard InChI is InChI=1S/C22H28O6/c1-11-6-13-14-4-5-22(28,19(26)27)21(14,3)9-17(25)18(13)20(2)8-12(10-23)16(24)7-15(11)20/h6-7,10,12-14,17-18,25,28H,4-5,8-9H2,1-3H3,(H,26,27)/t12?,13-,14-,17-,18+,20-,21-,22-/m0/s1. The van der Waals surface area contributed by atoms with Gasteiger partial charge < -0.3 is 20.1 Å². The summed E-state index contributed by atoms with van der Waals surface area (Å²) >= 11 is 0. The Kier molecular flexibility index (Phi) is 4.09. The Labute approximate surface area is 164 Å². The fourth-order valence-corrected chi connectivity index (χ4v) is 7.16. The van der Waals surface area contributed by atoms with Gasteiger partial charge in [-0.25, -0.2) is 4.79 Å². The molecule has 0 spiro atoms. The fraction of sp³-hybridized carbons (Fsp3) is 0.682. The van der Waals surface area contributed by atoms with Gasteiger partial charge in [0.1, 0.15) is 6.29 Å². The van der Waals surface area contributed by atoms with E-state index in [1.54, 1.807) is 13.0 Å². The van der Waals surface area contributed by atoms with Crippen LogP contribution in [0.4, 0.5) is 0 Å². The van der Waals surface area contributed by atoms with E-state index in [1.165, 1.54) is 0 Å². The van der Waals surface area contributed by atoms with Crippen LogP contribution in [0.2, 0.25) is 0 Å². The molecule has 4 aliphatic carbocycles. The van der Waals surface area contributed by atoms with Crippen LogP contribution < -0.4 is 0 Å². The predicted octanol–water partition coefficient (Wildman–Crippen LogP) is 1.90. The molecule has 152 valence electrons. The molecule has 2 saturated carbocycles. The first-order valence-corrected chi connectivity index (χ1v) is 10.0. The number of aliphatic carboxylic acids is 1. The van der Waals surface area contributed by atoms with Crippen molar-refractivity contribution in [2.45, 2.75) is 58.2 Å². The van der Waals surface area contributed by atoms with Crippen LogP contribution in [-0.2, 0) is 14.4 Å². The Balaban J connectivity index is 1.85. The minimum Gasteiger partial charge on any atom is -0.479 e. The highest BCUT2D eigenvalue weighted by atomic mass is 16.4. The minimum atomic E-state index is -1.85. The maximum Gasteiger partial charge on any atom is 0.336 e. The topological polar surface area (TPSA) is 112 Å². The number of aliphatic hydroxyl groups excluding tert-OH is 1. The first-order chi connectivity index (χ1) is 13.0. The summed E-state index contributed by atoms with van der Waals surface area (Å²) < 4.78 is 0. The average molecular weight is 388 g/mol. The van der Waals surface area contributed by atoms with Crippen LogP contribution in [-0.4, -0.2) is 45.1 Å². The van der Waals surface area contributed by atoms with Crippen molar-refractivity contribution in [3.63, 3.8) is 0 Å². The third-order valence-electron chi connectivity index (χ3n) is 8.54. The first kappa shape index (κ1) is 19.5. The second-order valence-electron chi connectivity index (χ2n) is 9.78. The summed E-state index contributed by atoms with van der Waals surface area (Å²) in [6.07, 6.45) is 4.78. The summed E-state index contributed by atoms with van der Waals surface area (Å²) in [6, 6.07) is 0. The highest BCUT2D eigenvalue weighted by molar-refractivity contribution is 6.03. The van der Waals surface area contributed by atoms with E-state index in [9.17, 15) is 29.7 Å². The number of hydrogen-bond donors (Lipinski definition) is 3. The molecule has 0 aliphatic heterocycles. The van der Waals surface area contributed by atoms with Crippen LogP contribution in [0.3, 0.4) is 0 Å². The Bertz CT molecular complexity index is 827. The second kappa shape index (κ2) is 5.86. The smallest absolute Gasteiger partial charge is 0.336 e. The molecule has 3 N–H and O–H groups in total. The number of carbonyl (C=O) groups excluding carboxylic acids is 2. The van der Waals surface area contributed by atoms with Gasteiger partial charge in [-0.05, 0) is 61.5 Å². The molecule has 1 unspecified atom stereocenters. The van der Waals surface area contributed by atoms with Crippen molar-refractivity contribution in [3.05, 3.63) is 23.3 Å². The molecule has 6 heteroatoms.